The van der Waals surface area contributed by atoms with E-state index in [0.717, 1.165) is 11.6 Å². The predicted molar refractivity (Wildman–Crippen MR) is 81.4 cm³/mol. The van der Waals surface area contributed by atoms with Gasteiger partial charge >= 0.3 is 11.7 Å². The summed E-state index contributed by atoms with van der Waals surface area (Å²) in [5.74, 6) is -1.60. The average molecular weight is 299 g/mol. The molecule has 0 radical (unpaired) electrons. The van der Waals surface area contributed by atoms with Gasteiger partial charge in [0.2, 0.25) is 0 Å². The van der Waals surface area contributed by atoms with Crippen LogP contribution in [0.25, 0.3) is 11.6 Å². The van der Waals surface area contributed by atoms with Crippen LogP contribution in [0.3, 0.4) is 0 Å². The summed E-state index contributed by atoms with van der Waals surface area (Å²) in [7, 11) is 0. The zero-order valence-corrected chi connectivity index (χ0v) is 11.7. The molecule has 0 aliphatic heterocycles. The van der Waals surface area contributed by atoms with Gasteiger partial charge in [0.15, 0.2) is 5.75 Å². The van der Waals surface area contributed by atoms with Crippen LogP contribution in [0.1, 0.15) is 16.7 Å². The van der Waals surface area contributed by atoms with Gasteiger partial charge in [0.05, 0.1) is 10.5 Å². The summed E-state index contributed by atoms with van der Waals surface area (Å²) >= 11 is 0. The number of nitrogens with zero attached hydrogens (tertiary/aromatic N) is 1. The van der Waals surface area contributed by atoms with Crippen molar-refractivity contribution in [2.75, 3.05) is 0 Å². The Hall–Kier alpha value is -3.15. The minimum Gasteiger partial charge on any atom is -0.502 e. The summed E-state index contributed by atoms with van der Waals surface area (Å²) in [6.07, 6.45) is 1.33. The van der Waals surface area contributed by atoms with Gasteiger partial charge in [0.1, 0.15) is 0 Å². The molecule has 0 aromatic heterocycles. The number of carboxylic acids is 1. The maximum atomic E-state index is 11.4. The molecule has 2 rings (SSSR count). The van der Waals surface area contributed by atoms with Crippen LogP contribution in [0.5, 0.6) is 5.75 Å². The number of aryl methyl sites for hydroxylation is 1. The Balaban J connectivity index is 2.51. The normalized spacial score (nSPS) is 11.2. The molecule has 0 heterocycles. The summed E-state index contributed by atoms with van der Waals surface area (Å²) in [5, 5.41) is 29.6. The van der Waals surface area contributed by atoms with Crippen molar-refractivity contribution < 1.29 is 19.9 Å². The molecule has 0 bridgehead atoms. The Morgan fingerprint density at radius 2 is 1.82 bits per heavy atom. The molecule has 0 saturated heterocycles. The minimum atomic E-state index is -1.14. The highest BCUT2D eigenvalue weighted by Gasteiger charge is 2.15. The lowest BCUT2D eigenvalue weighted by molar-refractivity contribution is -0.385. The van der Waals surface area contributed by atoms with E-state index in [4.69, 9.17) is 0 Å². The average Bonchev–Trinajstić information content (AvgIpc) is 2.47. The van der Waals surface area contributed by atoms with E-state index in [-0.39, 0.29) is 5.57 Å². The van der Waals surface area contributed by atoms with Gasteiger partial charge in [-0.15, -0.1) is 0 Å². The molecule has 2 aromatic carbocycles. The van der Waals surface area contributed by atoms with Crippen molar-refractivity contribution in [3.63, 3.8) is 0 Å². The number of aromatic hydroxyl groups is 1. The first-order chi connectivity index (χ1) is 10.4. The number of phenols is 1. The first-order valence-electron chi connectivity index (χ1n) is 6.38. The summed E-state index contributed by atoms with van der Waals surface area (Å²) in [5.41, 5.74) is 1.35. The van der Waals surface area contributed by atoms with Gasteiger partial charge in [-0.3, -0.25) is 10.1 Å². The Morgan fingerprint density at radius 3 is 2.36 bits per heavy atom. The van der Waals surface area contributed by atoms with Crippen LogP contribution in [-0.4, -0.2) is 21.1 Å². The van der Waals surface area contributed by atoms with Gasteiger partial charge < -0.3 is 10.2 Å². The molecule has 112 valence electrons. The number of phenolic OH excluding ortho intramolecular Hbond substituents is 1. The minimum absolute atomic E-state index is 0.0139. The van der Waals surface area contributed by atoms with Crippen molar-refractivity contribution >= 4 is 23.3 Å². The van der Waals surface area contributed by atoms with Gasteiger partial charge in [0.25, 0.3) is 0 Å². The van der Waals surface area contributed by atoms with E-state index in [1.165, 1.54) is 18.2 Å². The number of benzene rings is 2. The fourth-order valence-corrected chi connectivity index (χ4v) is 1.94. The van der Waals surface area contributed by atoms with E-state index < -0.39 is 22.3 Å². The molecule has 0 saturated carbocycles. The highest BCUT2D eigenvalue weighted by molar-refractivity contribution is 6.20. The van der Waals surface area contributed by atoms with Crippen LogP contribution >= 0.6 is 0 Å². The fraction of sp³-hybridized carbons (Fsp3) is 0.0625. The summed E-state index contributed by atoms with van der Waals surface area (Å²) in [6, 6.07) is 10.6. The van der Waals surface area contributed by atoms with E-state index in [2.05, 4.69) is 0 Å². The predicted octanol–water partition coefficient (Wildman–Crippen LogP) is 3.23. The number of hydrogen-bond acceptors (Lipinski definition) is 4. The molecule has 0 fully saturated rings. The highest BCUT2D eigenvalue weighted by atomic mass is 16.6. The molecule has 22 heavy (non-hydrogen) atoms. The van der Waals surface area contributed by atoms with Crippen LogP contribution in [0.2, 0.25) is 0 Å². The van der Waals surface area contributed by atoms with Crippen LogP contribution in [0, 0.1) is 17.0 Å². The first kappa shape index (κ1) is 15.2. The SMILES string of the molecule is Cc1ccc(/C(=C/c2ccc(O)c([N+](=O)[O-])c2)C(=O)O)cc1. The van der Waals surface area contributed by atoms with Crippen molar-refractivity contribution in [3.8, 4) is 5.75 Å². The van der Waals surface area contributed by atoms with Crippen molar-refractivity contribution in [1.82, 2.24) is 0 Å². The van der Waals surface area contributed by atoms with Crippen molar-refractivity contribution in [3.05, 3.63) is 69.3 Å². The molecule has 0 amide bonds. The number of carboxylic acid groups (broad SMARTS) is 1. The molecular weight excluding hydrogens is 286 g/mol. The molecule has 6 nitrogen and oxygen atoms in total. The van der Waals surface area contributed by atoms with Gasteiger partial charge in [-0.2, -0.15) is 0 Å². The third-order valence-corrected chi connectivity index (χ3v) is 3.10. The second-order valence-electron chi connectivity index (χ2n) is 4.73. The largest absolute Gasteiger partial charge is 0.502 e. The van der Waals surface area contributed by atoms with E-state index in [0.29, 0.717) is 11.1 Å². The second kappa shape index (κ2) is 6.09. The molecule has 0 aliphatic carbocycles. The van der Waals surface area contributed by atoms with Crippen LogP contribution in [-0.2, 0) is 4.79 Å². The van der Waals surface area contributed by atoms with E-state index in [1.807, 2.05) is 6.92 Å². The standard InChI is InChI=1S/C16H13NO5/c1-10-2-5-12(6-3-10)13(16(19)20)8-11-4-7-15(18)14(9-11)17(21)22/h2-9,18H,1H3,(H,19,20)/b13-8-. The number of aliphatic carboxylic acids is 1. The first-order valence-corrected chi connectivity index (χ1v) is 6.38. The molecule has 0 aliphatic rings. The summed E-state index contributed by atoms with van der Waals surface area (Å²) in [4.78, 5) is 21.5. The lowest BCUT2D eigenvalue weighted by atomic mass is 10.0. The Kier molecular flexibility index (Phi) is 4.22. The summed E-state index contributed by atoms with van der Waals surface area (Å²) < 4.78 is 0. The van der Waals surface area contributed by atoms with Gasteiger partial charge in [-0.05, 0) is 30.2 Å². The molecule has 2 N–H and O–H groups in total. The van der Waals surface area contributed by atoms with E-state index in [9.17, 15) is 25.1 Å². The fourth-order valence-electron chi connectivity index (χ4n) is 1.94. The van der Waals surface area contributed by atoms with Crippen molar-refractivity contribution in [2.45, 2.75) is 6.92 Å². The number of rotatable bonds is 4. The highest BCUT2D eigenvalue weighted by Crippen LogP contribution is 2.28. The van der Waals surface area contributed by atoms with Gasteiger partial charge in [0, 0.05) is 6.07 Å². The van der Waals surface area contributed by atoms with Gasteiger partial charge in [-0.1, -0.05) is 35.9 Å². The quantitative estimate of drug-likeness (QED) is 0.390. The van der Waals surface area contributed by atoms with Crippen molar-refractivity contribution in [2.24, 2.45) is 0 Å². The van der Waals surface area contributed by atoms with E-state index >= 15 is 0 Å². The Bertz CT molecular complexity index is 763. The number of hydrogen-bond donors (Lipinski definition) is 2. The van der Waals surface area contributed by atoms with Crippen LogP contribution in [0.4, 0.5) is 5.69 Å². The van der Waals surface area contributed by atoms with Gasteiger partial charge in [-0.25, -0.2) is 4.79 Å². The molecule has 2 aromatic rings. The maximum absolute atomic E-state index is 11.4. The molecule has 0 spiro atoms. The third kappa shape index (κ3) is 3.29. The van der Waals surface area contributed by atoms with Crippen LogP contribution < -0.4 is 0 Å². The number of nitro groups is 1. The molecule has 6 heteroatoms. The zero-order valence-electron chi connectivity index (χ0n) is 11.7. The number of carbonyl (C=O) groups is 1. The molecular formula is C16H13NO5. The Morgan fingerprint density at radius 1 is 1.18 bits per heavy atom. The topological polar surface area (TPSA) is 101 Å². The zero-order chi connectivity index (χ0) is 16.3. The third-order valence-electron chi connectivity index (χ3n) is 3.10. The Labute approximate surface area is 126 Å². The monoisotopic (exact) mass is 299 g/mol. The molecule has 0 unspecified atom stereocenters. The lowest BCUT2D eigenvalue weighted by Crippen LogP contribution is -2.00. The van der Waals surface area contributed by atoms with Crippen molar-refractivity contribution in [1.29, 1.82) is 0 Å². The van der Waals surface area contributed by atoms with E-state index in [1.54, 1.807) is 24.3 Å². The lowest BCUT2D eigenvalue weighted by Gasteiger charge is -2.04. The summed E-state index contributed by atoms with van der Waals surface area (Å²) in [6.45, 7) is 1.89. The number of nitro benzene ring substituents is 1. The second-order valence-corrected chi connectivity index (χ2v) is 4.73. The van der Waals surface area contributed by atoms with Crippen LogP contribution in [0.15, 0.2) is 42.5 Å². The molecule has 0 atom stereocenters. The smallest absolute Gasteiger partial charge is 0.336 e. The maximum Gasteiger partial charge on any atom is 0.336 e.